The van der Waals surface area contributed by atoms with Crippen molar-refractivity contribution in [3.05, 3.63) is 48.0 Å². The molecule has 2 aromatic carbocycles. The molecular formula is C17H19N3O. The van der Waals surface area contributed by atoms with Crippen LogP contribution in [0, 0.1) is 0 Å². The first-order chi connectivity index (χ1) is 10.2. The van der Waals surface area contributed by atoms with Gasteiger partial charge in [0.05, 0.1) is 12.1 Å². The number of ether oxygens (including phenoxy) is 1. The van der Waals surface area contributed by atoms with E-state index < -0.39 is 0 Å². The van der Waals surface area contributed by atoms with Crippen LogP contribution < -0.4 is 10.5 Å². The number of fused-ring (bicyclic) bond motifs is 1. The first kappa shape index (κ1) is 13.5. The lowest BCUT2D eigenvalue weighted by Gasteiger charge is -2.08. The Kier molecular flexibility index (Phi) is 3.52. The van der Waals surface area contributed by atoms with Crippen molar-refractivity contribution >= 4 is 17.0 Å². The molecule has 0 atom stereocenters. The maximum atomic E-state index is 6.12. The van der Waals surface area contributed by atoms with Crippen LogP contribution in [0.15, 0.2) is 42.5 Å². The van der Waals surface area contributed by atoms with Crippen LogP contribution in [0.5, 0.6) is 5.75 Å². The number of nitrogens with zero attached hydrogens (tertiary/aromatic N) is 2. The van der Waals surface area contributed by atoms with Gasteiger partial charge < -0.3 is 10.5 Å². The smallest absolute Gasteiger partial charge is 0.206 e. The number of aromatic nitrogens is 2. The van der Waals surface area contributed by atoms with Gasteiger partial charge in [-0.15, -0.1) is 0 Å². The molecule has 0 aliphatic carbocycles. The summed E-state index contributed by atoms with van der Waals surface area (Å²) in [4.78, 5) is 4.47. The molecule has 0 fully saturated rings. The highest BCUT2D eigenvalue weighted by molar-refractivity contribution is 5.86. The van der Waals surface area contributed by atoms with Crippen LogP contribution in [0.4, 0.5) is 5.95 Å². The normalized spacial score (nSPS) is 11.0. The van der Waals surface area contributed by atoms with Gasteiger partial charge in [-0.2, -0.15) is 0 Å². The first-order valence-corrected chi connectivity index (χ1v) is 7.23. The number of imidazole rings is 1. The average molecular weight is 281 g/mol. The quantitative estimate of drug-likeness (QED) is 0.795. The molecule has 3 aromatic rings. The molecule has 0 spiro atoms. The highest BCUT2D eigenvalue weighted by Gasteiger charge is 2.13. The monoisotopic (exact) mass is 281 g/mol. The standard InChI is InChI=1S/C17H19N3O/c1-3-12-8-10-13(11-9-12)20-14-6-5-7-15(21-4-2)16(14)19-17(20)18/h5-11H,3-4H2,1-2H3,(H2,18,19). The van der Waals surface area contributed by atoms with E-state index in [1.54, 1.807) is 0 Å². The summed E-state index contributed by atoms with van der Waals surface area (Å²) >= 11 is 0. The van der Waals surface area contributed by atoms with Gasteiger partial charge in [0.25, 0.3) is 0 Å². The fourth-order valence-corrected chi connectivity index (χ4v) is 2.52. The van der Waals surface area contributed by atoms with Crippen molar-refractivity contribution in [1.29, 1.82) is 0 Å². The van der Waals surface area contributed by atoms with E-state index >= 15 is 0 Å². The van der Waals surface area contributed by atoms with Crippen molar-refractivity contribution < 1.29 is 4.74 Å². The van der Waals surface area contributed by atoms with E-state index in [4.69, 9.17) is 10.5 Å². The third-order valence-corrected chi connectivity index (χ3v) is 3.58. The van der Waals surface area contributed by atoms with Gasteiger partial charge in [0.15, 0.2) is 0 Å². The number of hydrogen-bond acceptors (Lipinski definition) is 3. The van der Waals surface area contributed by atoms with Gasteiger partial charge in [-0.3, -0.25) is 4.57 Å². The number of benzene rings is 2. The number of para-hydroxylation sites is 1. The minimum atomic E-state index is 0.474. The van der Waals surface area contributed by atoms with Gasteiger partial charge in [-0.25, -0.2) is 4.98 Å². The summed E-state index contributed by atoms with van der Waals surface area (Å²) < 4.78 is 7.58. The minimum Gasteiger partial charge on any atom is -0.492 e. The van der Waals surface area contributed by atoms with E-state index in [1.807, 2.05) is 29.7 Å². The van der Waals surface area contributed by atoms with Crippen LogP contribution in [-0.2, 0) is 6.42 Å². The summed E-state index contributed by atoms with van der Waals surface area (Å²) in [5.74, 6) is 1.24. The summed E-state index contributed by atoms with van der Waals surface area (Å²) in [7, 11) is 0. The number of nitrogens with two attached hydrogens (primary N) is 1. The number of hydrogen-bond donors (Lipinski definition) is 1. The molecule has 0 bridgehead atoms. The van der Waals surface area contributed by atoms with Gasteiger partial charge >= 0.3 is 0 Å². The largest absolute Gasteiger partial charge is 0.492 e. The molecule has 0 radical (unpaired) electrons. The molecule has 0 aliphatic rings. The molecule has 0 amide bonds. The van der Waals surface area contributed by atoms with Gasteiger partial charge in [-0.05, 0) is 43.2 Å². The Morgan fingerprint density at radius 1 is 1.10 bits per heavy atom. The fourth-order valence-electron chi connectivity index (χ4n) is 2.52. The molecular weight excluding hydrogens is 262 g/mol. The maximum absolute atomic E-state index is 6.12. The number of rotatable bonds is 4. The number of anilines is 1. The molecule has 0 saturated heterocycles. The van der Waals surface area contributed by atoms with Crippen molar-refractivity contribution in [1.82, 2.24) is 9.55 Å². The molecule has 1 aromatic heterocycles. The SMILES string of the molecule is CCOc1cccc2c1nc(N)n2-c1ccc(CC)cc1. The predicted octanol–water partition coefficient (Wildman–Crippen LogP) is 3.57. The second-order valence-electron chi connectivity index (χ2n) is 4.88. The van der Waals surface area contributed by atoms with Crippen molar-refractivity contribution in [3.8, 4) is 11.4 Å². The Hall–Kier alpha value is -2.49. The molecule has 4 heteroatoms. The highest BCUT2D eigenvalue weighted by atomic mass is 16.5. The topological polar surface area (TPSA) is 53.1 Å². The molecule has 0 aliphatic heterocycles. The average Bonchev–Trinajstić information content (AvgIpc) is 2.85. The van der Waals surface area contributed by atoms with E-state index in [0.717, 1.165) is 28.9 Å². The van der Waals surface area contributed by atoms with Crippen molar-refractivity contribution in [2.75, 3.05) is 12.3 Å². The lowest BCUT2D eigenvalue weighted by atomic mass is 10.1. The molecule has 21 heavy (non-hydrogen) atoms. The lowest BCUT2D eigenvalue weighted by molar-refractivity contribution is 0.344. The van der Waals surface area contributed by atoms with Crippen LogP contribution >= 0.6 is 0 Å². The number of aryl methyl sites for hydroxylation is 1. The Morgan fingerprint density at radius 3 is 2.52 bits per heavy atom. The van der Waals surface area contributed by atoms with Crippen LogP contribution in [0.2, 0.25) is 0 Å². The van der Waals surface area contributed by atoms with E-state index in [1.165, 1.54) is 5.56 Å². The van der Waals surface area contributed by atoms with Gasteiger partial charge in [0, 0.05) is 5.69 Å². The van der Waals surface area contributed by atoms with Crippen LogP contribution in [-0.4, -0.2) is 16.2 Å². The van der Waals surface area contributed by atoms with Gasteiger partial charge in [0.2, 0.25) is 5.95 Å². The molecule has 1 heterocycles. The molecule has 0 unspecified atom stereocenters. The van der Waals surface area contributed by atoms with E-state index in [0.29, 0.717) is 12.6 Å². The van der Waals surface area contributed by atoms with Crippen LogP contribution in [0.1, 0.15) is 19.4 Å². The lowest BCUT2D eigenvalue weighted by Crippen LogP contribution is -2.00. The van der Waals surface area contributed by atoms with Crippen molar-refractivity contribution in [2.24, 2.45) is 0 Å². The van der Waals surface area contributed by atoms with Crippen molar-refractivity contribution in [3.63, 3.8) is 0 Å². The third-order valence-electron chi connectivity index (χ3n) is 3.58. The third kappa shape index (κ3) is 2.33. The second kappa shape index (κ2) is 5.48. The predicted molar refractivity (Wildman–Crippen MR) is 86.0 cm³/mol. The zero-order chi connectivity index (χ0) is 14.8. The first-order valence-electron chi connectivity index (χ1n) is 7.23. The molecule has 0 saturated carbocycles. The Bertz CT molecular complexity index is 760. The van der Waals surface area contributed by atoms with Crippen LogP contribution in [0.25, 0.3) is 16.7 Å². The molecule has 108 valence electrons. The maximum Gasteiger partial charge on any atom is 0.206 e. The summed E-state index contributed by atoms with van der Waals surface area (Å²) in [5, 5.41) is 0. The summed E-state index contributed by atoms with van der Waals surface area (Å²) in [6.45, 7) is 4.71. The molecule has 3 rings (SSSR count). The summed E-state index contributed by atoms with van der Waals surface area (Å²) in [6, 6.07) is 14.3. The zero-order valence-corrected chi connectivity index (χ0v) is 12.3. The van der Waals surface area contributed by atoms with Crippen molar-refractivity contribution in [2.45, 2.75) is 20.3 Å². The van der Waals surface area contributed by atoms with Gasteiger partial charge in [0.1, 0.15) is 11.3 Å². The molecule has 4 nitrogen and oxygen atoms in total. The molecule has 2 N–H and O–H groups in total. The number of nitrogen functional groups attached to an aromatic ring is 1. The second-order valence-corrected chi connectivity index (χ2v) is 4.88. The van der Waals surface area contributed by atoms with E-state index in [2.05, 4.69) is 36.2 Å². The van der Waals surface area contributed by atoms with E-state index in [9.17, 15) is 0 Å². The van der Waals surface area contributed by atoms with Gasteiger partial charge in [-0.1, -0.05) is 25.1 Å². The highest BCUT2D eigenvalue weighted by Crippen LogP contribution is 2.29. The zero-order valence-electron chi connectivity index (χ0n) is 12.3. The van der Waals surface area contributed by atoms with E-state index in [-0.39, 0.29) is 0 Å². The minimum absolute atomic E-state index is 0.474. The summed E-state index contributed by atoms with van der Waals surface area (Å²) in [5.41, 5.74) is 10.2. The Balaban J connectivity index is 2.17. The Labute approximate surface area is 124 Å². The fraction of sp³-hybridized carbons (Fsp3) is 0.235. The Morgan fingerprint density at radius 2 is 1.86 bits per heavy atom. The summed E-state index contributed by atoms with van der Waals surface area (Å²) in [6.07, 6.45) is 1.02. The van der Waals surface area contributed by atoms with Crippen LogP contribution in [0.3, 0.4) is 0 Å².